The molecule has 3 N–H and O–H groups in total. The van der Waals surface area contributed by atoms with E-state index in [0.29, 0.717) is 13.2 Å². The van der Waals surface area contributed by atoms with E-state index in [1.54, 1.807) is 0 Å². The summed E-state index contributed by atoms with van der Waals surface area (Å²) in [7, 11) is 0. The fraction of sp³-hybridized carbons (Fsp3) is 0.500. The van der Waals surface area contributed by atoms with Gasteiger partial charge in [-0.2, -0.15) is 0 Å². The number of ether oxygens (including phenoxy) is 1. The fourth-order valence-electron chi connectivity index (χ4n) is 1.55. The van der Waals surface area contributed by atoms with Crippen LogP contribution in [0.5, 0.6) is 5.75 Å². The second-order valence-corrected chi connectivity index (χ2v) is 4.53. The van der Waals surface area contributed by atoms with E-state index in [2.05, 4.69) is 5.32 Å². The van der Waals surface area contributed by atoms with Crippen molar-refractivity contribution in [2.75, 3.05) is 6.61 Å². The average molecular weight is 250 g/mol. The number of carbonyl (C=O) groups excluding carboxylic acids is 1. The summed E-state index contributed by atoms with van der Waals surface area (Å²) >= 11 is 0. The molecule has 0 heterocycles. The number of hydrogen-bond acceptors (Lipinski definition) is 3. The third-order valence-corrected chi connectivity index (χ3v) is 2.75. The van der Waals surface area contributed by atoms with Crippen molar-refractivity contribution in [2.24, 2.45) is 11.7 Å². The molecular formula is C14H22N2O2. The van der Waals surface area contributed by atoms with Gasteiger partial charge in [-0.25, -0.2) is 0 Å². The molecule has 1 aromatic carbocycles. The standard InChI is InChI=1S/C14H22N2O2/c1-4-18-12-8-6-5-7-11(12)9-16-14(17)13(15)10(2)3/h5-8,10,13H,4,9,15H2,1-3H3,(H,16,17)/t13-/m0/s1. The van der Waals surface area contributed by atoms with E-state index in [9.17, 15) is 4.79 Å². The van der Waals surface area contributed by atoms with E-state index in [1.165, 1.54) is 0 Å². The van der Waals surface area contributed by atoms with Crippen LogP contribution in [0.15, 0.2) is 24.3 Å². The van der Waals surface area contributed by atoms with E-state index in [0.717, 1.165) is 11.3 Å². The normalized spacial score (nSPS) is 12.3. The predicted octanol–water partition coefficient (Wildman–Crippen LogP) is 1.68. The van der Waals surface area contributed by atoms with Gasteiger partial charge in [0.15, 0.2) is 0 Å². The first-order valence-corrected chi connectivity index (χ1v) is 6.30. The zero-order valence-corrected chi connectivity index (χ0v) is 11.3. The maximum Gasteiger partial charge on any atom is 0.237 e. The number of nitrogens with one attached hydrogen (secondary N) is 1. The molecule has 0 saturated heterocycles. The first-order valence-electron chi connectivity index (χ1n) is 6.30. The van der Waals surface area contributed by atoms with Crippen LogP contribution in [-0.4, -0.2) is 18.6 Å². The number of rotatable bonds is 6. The number of amides is 1. The van der Waals surface area contributed by atoms with Gasteiger partial charge in [0.05, 0.1) is 12.6 Å². The van der Waals surface area contributed by atoms with Crippen LogP contribution < -0.4 is 15.8 Å². The van der Waals surface area contributed by atoms with Crippen molar-refractivity contribution in [3.63, 3.8) is 0 Å². The molecule has 0 spiro atoms. The van der Waals surface area contributed by atoms with Gasteiger partial charge in [-0.3, -0.25) is 4.79 Å². The Hall–Kier alpha value is -1.55. The number of para-hydroxylation sites is 1. The molecule has 100 valence electrons. The first-order chi connectivity index (χ1) is 8.56. The van der Waals surface area contributed by atoms with Gasteiger partial charge in [-0.15, -0.1) is 0 Å². The van der Waals surface area contributed by atoms with Gasteiger partial charge in [-0.1, -0.05) is 32.0 Å². The molecule has 0 aromatic heterocycles. The Labute approximate surface area is 109 Å². The van der Waals surface area contributed by atoms with Crippen LogP contribution >= 0.6 is 0 Å². The zero-order valence-electron chi connectivity index (χ0n) is 11.3. The lowest BCUT2D eigenvalue weighted by atomic mass is 10.0. The largest absolute Gasteiger partial charge is 0.494 e. The van der Waals surface area contributed by atoms with E-state index < -0.39 is 6.04 Å². The molecule has 4 nitrogen and oxygen atoms in total. The lowest BCUT2D eigenvalue weighted by Gasteiger charge is -2.16. The van der Waals surface area contributed by atoms with Gasteiger partial charge in [0, 0.05) is 12.1 Å². The Balaban J connectivity index is 2.60. The summed E-state index contributed by atoms with van der Waals surface area (Å²) in [4.78, 5) is 11.8. The lowest BCUT2D eigenvalue weighted by Crippen LogP contribution is -2.43. The van der Waals surface area contributed by atoms with Crippen molar-refractivity contribution in [3.05, 3.63) is 29.8 Å². The molecule has 1 rings (SSSR count). The Morgan fingerprint density at radius 2 is 2.06 bits per heavy atom. The topological polar surface area (TPSA) is 64.3 Å². The highest BCUT2D eigenvalue weighted by Crippen LogP contribution is 2.17. The summed E-state index contributed by atoms with van der Waals surface area (Å²) in [6, 6.07) is 7.20. The molecule has 0 radical (unpaired) electrons. The van der Waals surface area contributed by atoms with Gasteiger partial charge in [0.1, 0.15) is 5.75 Å². The minimum Gasteiger partial charge on any atom is -0.494 e. The van der Waals surface area contributed by atoms with Gasteiger partial charge >= 0.3 is 0 Å². The quantitative estimate of drug-likeness (QED) is 0.807. The van der Waals surface area contributed by atoms with Crippen molar-refractivity contribution in [1.29, 1.82) is 0 Å². The molecule has 1 amide bonds. The summed E-state index contributed by atoms with van der Waals surface area (Å²) in [6.45, 7) is 6.84. The number of nitrogens with two attached hydrogens (primary N) is 1. The van der Waals surface area contributed by atoms with E-state index in [1.807, 2.05) is 45.0 Å². The highest BCUT2D eigenvalue weighted by Gasteiger charge is 2.16. The van der Waals surface area contributed by atoms with E-state index in [-0.39, 0.29) is 11.8 Å². The zero-order chi connectivity index (χ0) is 13.5. The number of benzene rings is 1. The molecule has 0 saturated carbocycles. The lowest BCUT2D eigenvalue weighted by molar-refractivity contribution is -0.123. The predicted molar refractivity (Wildman–Crippen MR) is 72.3 cm³/mol. The Morgan fingerprint density at radius 1 is 1.39 bits per heavy atom. The highest BCUT2D eigenvalue weighted by molar-refractivity contribution is 5.81. The molecule has 0 aliphatic carbocycles. The maximum atomic E-state index is 11.8. The second kappa shape index (κ2) is 7.01. The van der Waals surface area contributed by atoms with Crippen LogP contribution in [0.4, 0.5) is 0 Å². The molecule has 0 unspecified atom stereocenters. The minimum atomic E-state index is -0.468. The third kappa shape index (κ3) is 4.04. The van der Waals surface area contributed by atoms with Crippen LogP contribution in [0.25, 0.3) is 0 Å². The van der Waals surface area contributed by atoms with Crippen molar-refractivity contribution in [3.8, 4) is 5.75 Å². The van der Waals surface area contributed by atoms with Crippen molar-refractivity contribution < 1.29 is 9.53 Å². The van der Waals surface area contributed by atoms with Crippen LogP contribution in [-0.2, 0) is 11.3 Å². The summed E-state index contributed by atoms with van der Waals surface area (Å²) < 4.78 is 5.49. The number of carbonyl (C=O) groups is 1. The van der Waals surface area contributed by atoms with Gasteiger partial charge in [0.25, 0.3) is 0 Å². The summed E-state index contributed by atoms with van der Waals surface area (Å²) in [5.74, 6) is 0.807. The SMILES string of the molecule is CCOc1ccccc1CNC(=O)[C@@H](N)C(C)C. The molecule has 0 bridgehead atoms. The molecule has 1 atom stereocenters. The Kier molecular flexibility index (Phi) is 5.65. The second-order valence-electron chi connectivity index (χ2n) is 4.53. The fourth-order valence-corrected chi connectivity index (χ4v) is 1.55. The van der Waals surface area contributed by atoms with Crippen LogP contribution in [0, 0.1) is 5.92 Å². The number of hydrogen-bond donors (Lipinski definition) is 2. The Bertz CT molecular complexity index is 391. The van der Waals surface area contributed by atoms with Gasteiger partial charge in [-0.05, 0) is 18.9 Å². The highest BCUT2D eigenvalue weighted by atomic mass is 16.5. The van der Waals surface area contributed by atoms with Gasteiger partial charge in [0.2, 0.25) is 5.91 Å². The maximum absolute atomic E-state index is 11.8. The first kappa shape index (κ1) is 14.5. The summed E-state index contributed by atoms with van der Waals surface area (Å²) in [5, 5.41) is 2.83. The Morgan fingerprint density at radius 3 is 2.67 bits per heavy atom. The average Bonchev–Trinajstić information content (AvgIpc) is 2.36. The van der Waals surface area contributed by atoms with Crippen LogP contribution in [0.2, 0.25) is 0 Å². The molecule has 0 aliphatic heterocycles. The smallest absolute Gasteiger partial charge is 0.237 e. The van der Waals surface area contributed by atoms with Gasteiger partial charge < -0.3 is 15.8 Å². The summed E-state index contributed by atoms with van der Waals surface area (Å²) in [6.07, 6.45) is 0. The molecule has 1 aromatic rings. The van der Waals surface area contributed by atoms with E-state index >= 15 is 0 Å². The van der Waals surface area contributed by atoms with Crippen molar-refractivity contribution in [1.82, 2.24) is 5.32 Å². The molecule has 18 heavy (non-hydrogen) atoms. The van der Waals surface area contributed by atoms with Crippen LogP contribution in [0.3, 0.4) is 0 Å². The van der Waals surface area contributed by atoms with Crippen LogP contribution in [0.1, 0.15) is 26.3 Å². The molecular weight excluding hydrogens is 228 g/mol. The third-order valence-electron chi connectivity index (χ3n) is 2.75. The minimum absolute atomic E-state index is 0.128. The molecule has 0 fully saturated rings. The molecule has 4 heteroatoms. The van der Waals surface area contributed by atoms with Crippen molar-refractivity contribution in [2.45, 2.75) is 33.4 Å². The van der Waals surface area contributed by atoms with Crippen molar-refractivity contribution >= 4 is 5.91 Å². The monoisotopic (exact) mass is 250 g/mol. The van der Waals surface area contributed by atoms with E-state index in [4.69, 9.17) is 10.5 Å². The molecule has 0 aliphatic rings. The summed E-state index contributed by atoms with van der Waals surface area (Å²) in [5.41, 5.74) is 6.74.